The van der Waals surface area contributed by atoms with Gasteiger partial charge >= 0.3 is 0 Å². The van der Waals surface area contributed by atoms with Crippen molar-refractivity contribution in [3.63, 3.8) is 0 Å². The zero-order valence-corrected chi connectivity index (χ0v) is 16.2. The molecule has 0 saturated carbocycles. The zero-order valence-electron chi connectivity index (χ0n) is 14.6. The number of aromatic amines is 2. The number of nitrogens with one attached hydrogen (secondary N) is 2. The third-order valence-electron chi connectivity index (χ3n) is 4.03. The van der Waals surface area contributed by atoms with Gasteiger partial charge in [0.25, 0.3) is 5.69 Å². The van der Waals surface area contributed by atoms with Crippen molar-refractivity contribution >= 4 is 35.7 Å². The Morgan fingerprint density at radius 2 is 1.93 bits per heavy atom. The fraction of sp³-hybridized carbons (Fsp3) is 0. The van der Waals surface area contributed by atoms with E-state index in [2.05, 4.69) is 25.5 Å². The second kappa shape index (κ2) is 7.78. The number of benzene rings is 2. The molecule has 0 bridgehead atoms. The monoisotopic (exact) mass is 425 g/mol. The summed E-state index contributed by atoms with van der Waals surface area (Å²) < 4.78 is 1.66. The highest BCUT2D eigenvalue weighted by Gasteiger charge is 2.14. The Labute approximate surface area is 173 Å². The SMILES string of the molecule is O=[N+]([O-])c1cc(C=Nn2c(-c3cc(-c4ccccc4)n[nH]3)n[nH]c2=S)ccc1Cl. The van der Waals surface area contributed by atoms with Gasteiger partial charge in [-0.15, -0.1) is 0 Å². The van der Waals surface area contributed by atoms with E-state index in [1.54, 1.807) is 6.07 Å². The van der Waals surface area contributed by atoms with Gasteiger partial charge in [0.1, 0.15) is 10.7 Å². The highest BCUT2D eigenvalue weighted by molar-refractivity contribution is 7.71. The Morgan fingerprint density at radius 1 is 1.14 bits per heavy atom. The molecule has 4 aromatic rings. The summed E-state index contributed by atoms with van der Waals surface area (Å²) in [5, 5.41) is 29.5. The number of halogens is 1. The zero-order chi connectivity index (χ0) is 20.4. The van der Waals surface area contributed by atoms with Gasteiger partial charge in [-0.2, -0.15) is 20.0 Å². The maximum atomic E-state index is 11.0. The second-order valence-corrected chi connectivity index (χ2v) is 6.70. The Bertz CT molecular complexity index is 1280. The molecule has 2 aromatic heterocycles. The fourth-order valence-electron chi connectivity index (χ4n) is 2.64. The lowest BCUT2D eigenvalue weighted by Crippen LogP contribution is -1.96. The van der Waals surface area contributed by atoms with Gasteiger partial charge in [-0.3, -0.25) is 15.2 Å². The van der Waals surface area contributed by atoms with E-state index in [4.69, 9.17) is 23.8 Å². The predicted octanol–water partition coefficient (Wildman–Crippen LogP) is 4.44. The third-order valence-corrected chi connectivity index (χ3v) is 4.61. The van der Waals surface area contributed by atoms with Crippen LogP contribution < -0.4 is 0 Å². The fourth-order valence-corrected chi connectivity index (χ4v) is 3.01. The van der Waals surface area contributed by atoms with E-state index in [0.717, 1.165) is 11.3 Å². The van der Waals surface area contributed by atoms with Crippen LogP contribution in [0.15, 0.2) is 59.7 Å². The molecule has 144 valence electrons. The Kier molecular flexibility index (Phi) is 5.02. The summed E-state index contributed by atoms with van der Waals surface area (Å²) in [6, 6.07) is 15.9. The van der Waals surface area contributed by atoms with Crippen molar-refractivity contribution in [2.45, 2.75) is 0 Å². The molecule has 0 atom stereocenters. The highest BCUT2D eigenvalue weighted by Crippen LogP contribution is 2.25. The molecule has 9 nitrogen and oxygen atoms in total. The van der Waals surface area contributed by atoms with Crippen LogP contribution in [0.1, 0.15) is 5.56 Å². The number of aromatic nitrogens is 5. The number of hydrogen-bond acceptors (Lipinski definition) is 6. The predicted molar refractivity (Wildman–Crippen MR) is 112 cm³/mol. The first-order valence-corrected chi connectivity index (χ1v) is 9.08. The van der Waals surface area contributed by atoms with E-state index in [9.17, 15) is 10.1 Å². The first-order valence-electron chi connectivity index (χ1n) is 8.30. The summed E-state index contributed by atoms with van der Waals surface area (Å²) in [6.07, 6.45) is 1.44. The van der Waals surface area contributed by atoms with Gasteiger partial charge in [0.05, 0.1) is 16.8 Å². The van der Waals surface area contributed by atoms with E-state index >= 15 is 0 Å². The van der Waals surface area contributed by atoms with E-state index in [1.807, 2.05) is 36.4 Å². The van der Waals surface area contributed by atoms with E-state index in [-0.39, 0.29) is 15.5 Å². The van der Waals surface area contributed by atoms with Crippen LogP contribution in [-0.4, -0.2) is 36.2 Å². The van der Waals surface area contributed by atoms with Crippen molar-refractivity contribution in [2.75, 3.05) is 0 Å². The van der Waals surface area contributed by atoms with Gasteiger partial charge in [-0.05, 0) is 24.4 Å². The number of H-pyrrole nitrogens is 2. The van der Waals surface area contributed by atoms with Crippen molar-refractivity contribution in [2.24, 2.45) is 5.10 Å². The molecule has 4 rings (SSSR count). The number of nitrogens with zero attached hydrogens (tertiary/aromatic N) is 5. The number of hydrogen-bond donors (Lipinski definition) is 2. The molecule has 0 spiro atoms. The summed E-state index contributed by atoms with van der Waals surface area (Å²) in [5.74, 6) is 0.421. The van der Waals surface area contributed by atoms with Crippen LogP contribution in [-0.2, 0) is 0 Å². The molecule has 0 fully saturated rings. The van der Waals surface area contributed by atoms with Crippen LogP contribution in [0, 0.1) is 14.9 Å². The number of rotatable bonds is 5. The smallest absolute Gasteiger partial charge is 0.274 e. The van der Waals surface area contributed by atoms with Gasteiger partial charge < -0.3 is 0 Å². The molecule has 0 radical (unpaired) electrons. The molecule has 2 heterocycles. The lowest BCUT2D eigenvalue weighted by Gasteiger charge is -1.99. The van der Waals surface area contributed by atoms with Gasteiger partial charge in [0.15, 0.2) is 0 Å². The van der Waals surface area contributed by atoms with Gasteiger partial charge in [0, 0.05) is 17.2 Å². The number of nitro benzene ring substituents is 1. The topological polar surface area (TPSA) is 118 Å². The minimum atomic E-state index is -0.551. The molecule has 0 aliphatic carbocycles. The Hall–Kier alpha value is -3.63. The van der Waals surface area contributed by atoms with Crippen LogP contribution in [0.25, 0.3) is 22.8 Å². The maximum absolute atomic E-state index is 11.0. The molecule has 29 heavy (non-hydrogen) atoms. The summed E-state index contributed by atoms with van der Waals surface area (Å²) in [7, 11) is 0. The molecule has 0 aliphatic rings. The molecular weight excluding hydrogens is 414 g/mol. The maximum Gasteiger partial charge on any atom is 0.288 e. The van der Waals surface area contributed by atoms with Crippen LogP contribution >= 0.6 is 23.8 Å². The summed E-state index contributed by atoms with van der Waals surface area (Å²) >= 11 is 11.1. The van der Waals surface area contributed by atoms with Crippen molar-refractivity contribution in [3.05, 3.63) is 80.1 Å². The molecule has 0 amide bonds. The molecule has 0 aliphatic heterocycles. The molecule has 0 unspecified atom stereocenters. The highest BCUT2D eigenvalue weighted by atomic mass is 35.5. The Balaban J connectivity index is 1.68. The standard InChI is InChI=1S/C18H12ClN7O2S/c19-13-7-6-11(8-16(13)26(27)28)10-20-25-17(23-24-18(25)29)15-9-14(21-22-15)12-4-2-1-3-5-12/h1-10H,(H,21,22)(H,24,29). The van der Waals surface area contributed by atoms with Crippen molar-refractivity contribution in [1.29, 1.82) is 0 Å². The molecule has 2 aromatic carbocycles. The quantitative estimate of drug-likeness (QED) is 0.212. The summed E-state index contributed by atoms with van der Waals surface area (Å²) in [6.45, 7) is 0. The molecule has 0 saturated heterocycles. The van der Waals surface area contributed by atoms with E-state index < -0.39 is 4.92 Å². The van der Waals surface area contributed by atoms with Gasteiger partial charge in [0.2, 0.25) is 10.6 Å². The summed E-state index contributed by atoms with van der Waals surface area (Å²) in [4.78, 5) is 10.5. The number of nitro groups is 1. The van der Waals surface area contributed by atoms with E-state index in [0.29, 0.717) is 17.1 Å². The van der Waals surface area contributed by atoms with Crippen molar-refractivity contribution in [3.8, 4) is 22.8 Å². The van der Waals surface area contributed by atoms with Crippen molar-refractivity contribution in [1.82, 2.24) is 25.1 Å². The minimum absolute atomic E-state index is 0.0543. The second-order valence-electron chi connectivity index (χ2n) is 5.91. The molecule has 11 heteroatoms. The summed E-state index contributed by atoms with van der Waals surface area (Å²) in [5.41, 5.74) is 2.60. The largest absolute Gasteiger partial charge is 0.288 e. The van der Waals surface area contributed by atoms with Crippen LogP contribution in [0.4, 0.5) is 5.69 Å². The molecule has 2 N–H and O–H groups in total. The van der Waals surface area contributed by atoms with Crippen molar-refractivity contribution < 1.29 is 4.92 Å². The van der Waals surface area contributed by atoms with Crippen LogP contribution in [0.3, 0.4) is 0 Å². The molecular formula is C18H12ClN7O2S. The lowest BCUT2D eigenvalue weighted by atomic mass is 10.1. The average Bonchev–Trinajstić information content (AvgIpc) is 3.35. The normalized spacial score (nSPS) is 11.2. The lowest BCUT2D eigenvalue weighted by molar-refractivity contribution is -0.384. The average molecular weight is 426 g/mol. The van der Waals surface area contributed by atoms with E-state index in [1.165, 1.54) is 23.0 Å². The third kappa shape index (κ3) is 3.84. The minimum Gasteiger partial charge on any atom is -0.274 e. The first kappa shape index (κ1) is 18.7. The van der Waals surface area contributed by atoms with Crippen LogP contribution in [0.5, 0.6) is 0 Å². The van der Waals surface area contributed by atoms with Gasteiger partial charge in [-0.25, -0.2) is 5.10 Å². The first-order chi connectivity index (χ1) is 14.0. The van der Waals surface area contributed by atoms with Gasteiger partial charge in [-0.1, -0.05) is 48.0 Å². The Morgan fingerprint density at radius 3 is 2.69 bits per heavy atom. The van der Waals surface area contributed by atoms with Crippen LogP contribution in [0.2, 0.25) is 5.02 Å².